The molecule has 2 heterocycles. The molecule has 1 aromatic heterocycles. The molecule has 0 aliphatic carbocycles. The molecule has 3 rings (SSSR count). The number of ether oxygens (including phenoxy) is 2. The highest BCUT2D eigenvalue weighted by atomic mass is 16.5. The van der Waals surface area contributed by atoms with Crippen LogP contribution in [0.2, 0.25) is 0 Å². The summed E-state index contributed by atoms with van der Waals surface area (Å²) >= 11 is 0. The van der Waals surface area contributed by atoms with E-state index in [2.05, 4.69) is 22.5 Å². The molecule has 1 aromatic carbocycles. The minimum Gasteiger partial charge on any atom is -0.490 e. The summed E-state index contributed by atoms with van der Waals surface area (Å²) < 4.78 is 11.7. The van der Waals surface area contributed by atoms with Crippen molar-refractivity contribution in [3.05, 3.63) is 48.2 Å². The summed E-state index contributed by atoms with van der Waals surface area (Å²) in [5.41, 5.74) is 0.827. The number of benzene rings is 1. The molecule has 132 valence electrons. The van der Waals surface area contributed by atoms with Gasteiger partial charge in [0.1, 0.15) is 0 Å². The van der Waals surface area contributed by atoms with E-state index in [9.17, 15) is 4.79 Å². The minimum absolute atomic E-state index is 0.0558. The highest BCUT2D eigenvalue weighted by Gasteiger charge is 2.24. The van der Waals surface area contributed by atoms with Crippen LogP contribution in [0.1, 0.15) is 18.9 Å². The fourth-order valence-electron chi connectivity index (χ4n) is 2.42. The number of nitrogens with one attached hydrogen (secondary N) is 2. The second kappa shape index (κ2) is 8.48. The van der Waals surface area contributed by atoms with Gasteiger partial charge >= 0.3 is 0 Å². The third-order valence-corrected chi connectivity index (χ3v) is 3.97. The quantitative estimate of drug-likeness (QED) is 0.772. The van der Waals surface area contributed by atoms with Crippen LogP contribution in [0.4, 0.5) is 0 Å². The fraction of sp³-hybridized carbons (Fsp3) is 0.368. The van der Waals surface area contributed by atoms with Gasteiger partial charge in [-0.2, -0.15) is 0 Å². The van der Waals surface area contributed by atoms with Crippen LogP contribution < -0.4 is 20.1 Å². The Morgan fingerprint density at radius 1 is 1.24 bits per heavy atom. The number of hydrogen-bond donors (Lipinski definition) is 2. The van der Waals surface area contributed by atoms with Crippen molar-refractivity contribution in [2.24, 2.45) is 5.92 Å². The Bertz CT molecular complexity index is 717. The second-order valence-corrected chi connectivity index (χ2v) is 5.94. The Morgan fingerprint density at radius 3 is 2.76 bits per heavy atom. The van der Waals surface area contributed by atoms with Crippen molar-refractivity contribution in [2.75, 3.05) is 19.7 Å². The molecule has 0 unspecified atom stereocenters. The molecule has 1 saturated heterocycles. The van der Waals surface area contributed by atoms with Crippen LogP contribution in [-0.4, -0.2) is 30.6 Å². The lowest BCUT2D eigenvalue weighted by molar-refractivity contribution is -0.126. The van der Waals surface area contributed by atoms with Gasteiger partial charge in [0, 0.05) is 31.4 Å². The molecule has 1 aliphatic rings. The van der Waals surface area contributed by atoms with Gasteiger partial charge in [0.2, 0.25) is 11.8 Å². The molecule has 0 bridgehead atoms. The monoisotopic (exact) mass is 341 g/mol. The Morgan fingerprint density at radius 2 is 2.04 bits per heavy atom. The summed E-state index contributed by atoms with van der Waals surface area (Å²) in [6, 6.07) is 11.3. The molecule has 6 heteroatoms. The van der Waals surface area contributed by atoms with Crippen molar-refractivity contribution in [3.63, 3.8) is 0 Å². The maximum atomic E-state index is 12.0. The third kappa shape index (κ3) is 4.48. The van der Waals surface area contributed by atoms with Gasteiger partial charge in [0.15, 0.2) is 11.5 Å². The van der Waals surface area contributed by atoms with E-state index in [1.165, 1.54) is 0 Å². The van der Waals surface area contributed by atoms with Crippen molar-refractivity contribution in [1.29, 1.82) is 0 Å². The van der Waals surface area contributed by atoms with Gasteiger partial charge in [-0.05, 0) is 24.6 Å². The molecule has 2 N–H and O–H groups in total. The molecule has 2 aromatic rings. The number of para-hydroxylation sites is 2. The van der Waals surface area contributed by atoms with E-state index in [4.69, 9.17) is 9.47 Å². The minimum atomic E-state index is 0.0558. The van der Waals surface area contributed by atoms with E-state index in [0.717, 1.165) is 25.1 Å². The number of amides is 1. The first-order valence-electron chi connectivity index (χ1n) is 8.60. The number of hydrogen-bond acceptors (Lipinski definition) is 5. The first-order valence-corrected chi connectivity index (χ1v) is 8.60. The maximum Gasteiger partial charge on any atom is 0.225 e. The van der Waals surface area contributed by atoms with Crippen molar-refractivity contribution in [3.8, 4) is 17.4 Å². The van der Waals surface area contributed by atoms with Crippen LogP contribution >= 0.6 is 0 Å². The summed E-state index contributed by atoms with van der Waals surface area (Å²) in [5.74, 6) is 1.89. The van der Waals surface area contributed by atoms with E-state index < -0.39 is 0 Å². The Balaban J connectivity index is 1.69. The lowest BCUT2D eigenvalue weighted by Crippen LogP contribution is -2.50. The van der Waals surface area contributed by atoms with Gasteiger partial charge < -0.3 is 20.1 Å². The Hall–Kier alpha value is -2.60. The lowest BCUT2D eigenvalue weighted by Gasteiger charge is -2.25. The van der Waals surface area contributed by atoms with Crippen LogP contribution in [0.3, 0.4) is 0 Å². The van der Waals surface area contributed by atoms with E-state index >= 15 is 0 Å². The molecule has 0 atom stereocenters. The first-order chi connectivity index (χ1) is 12.3. The van der Waals surface area contributed by atoms with Crippen LogP contribution in [0.15, 0.2) is 42.6 Å². The summed E-state index contributed by atoms with van der Waals surface area (Å²) in [6.45, 7) is 4.55. The zero-order valence-electron chi connectivity index (χ0n) is 14.3. The molecule has 25 heavy (non-hydrogen) atoms. The van der Waals surface area contributed by atoms with Crippen LogP contribution in [0, 0.1) is 5.92 Å². The van der Waals surface area contributed by atoms with Gasteiger partial charge in [-0.15, -0.1) is 0 Å². The van der Waals surface area contributed by atoms with Crippen molar-refractivity contribution in [2.45, 2.75) is 19.9 Å². The molecule has 1 aliphatic heterocycles. The number of pyridine rings is 1. The zero-order chi connectivity index (χ0) is 17.5. The lowest BCUT2D eigenvalue weighted by atomic mass is 10.0. The second-order valence-electron chi connectivity index (χ2n) is 5.94. The molecule has 0 spiro atoms. The third-order valence-electron chi connectivity index (χ3n) is 3.97. The number of nitrogens with zero attached hydrogens (tertiary/aromatic N) is 1. The predicted octanol–water partition coefficient (Wildman–Crippen LogP) is 2.50. The van der Waals surface area contributed by atoms with Crippen molar-refractivity contribution in [1.82, 2.24) is 15.6 Å². The number of aromatic nitrogens is 1. The molecular weight excluding hydrogens is 318 g/mol. The smallest absolute Gasteiger partial charge is 0.225 e. The van der Waals surface area contributed by atoms with Crippen molar-refractivity contribution >= 4 is 5.91 Å². The van der Waals surface area contributed by atoms with Gasteiger partial charge in [-0.25, -0.2) is 4.98 Å². The standard InChI is InChI=1S/C19H23N3O3/c1-2-10-24-16-7-3-4-8-17(16)25-19-14(6-5-9-21-19)13-22-18(23)15-11-20-12-15/h3-9,15,20H,2,10-13H2,1H3,(H,22,23). The summed E-state index contributed by atoms with van der Waals surface area (Å²) in [5, 5.41) is 6.04. The largest absolute Gasteiger partial charge is 0.490 e. The van der Waals surface area contributed by atoms with Crippen LogP contribution in [0.25, 0.3) is 0 Å². The van der Waals surface area contributed by atoms with E-state index in [1.807, 2.05) is 36.4 Å². The molecule has 0 radical (unpaired) electrons. The van der Waals surface area contributed by atoms with E-state index in [-0.39, 0.29) is 11.8 Å². The normalized spacial score (nSPS) is 13.8. The SMILES string of the molecule is CCCOc1ccccc1Oc1ncccc1CNC(=O)C1CNC1. The van der Waals surface area contributed by atoms with Crippen LogP contribution in [0.5, 0.6) is 17.4 Å². The molecule has 6 nitrogen and oxygen atoms in total. The highest BCUT2D eigenvalue weighted by Crippen LogP contribution is 2.31. The topological polar surface area (TPSA) is 72.5 Å². The Labute approximate surface area is 147 Å². The van der Waals surface area contributed by atoms with Crippen LogP contribution in [-0.2, 0) is 11.3 Å². The maximum absolute atomic E-state index is 12.0. The van der Waals surface area contributed by atoms with Crippen molar-refractivity contribution < 1.29 is 14.3 Å². The molecule has 1 amide bonds. The average Bonchev–Trinajstić information content (AvgIpc) is 2.59. The van der Waals surface area contributed by atoms with Gasteiger partial charge in [-0.1, -0.05) is 25.1 Å². The molecular formula is C19H23N3O3. The average molecular weight is 341 g/mol. The molecule has 1 fully saturated rings. The number of carbonyl (C=O) groups excluding carboxylic acids is 1. The highest BCUT2D eigenvalue weighted by molar-refractivity contribution is 5.80. The predicted molar refractivity (Wildman–Crippen MR) is 94.7 cm³/mol. The molecule has 0 saturated carbocycles. The number of carbonyl (C=O) groups is 1. The Kier molecular flexibility index (Phi) is 5.85. The van der Waals surface area contributed by atoms with E-state index in [1.54, 1.807) is 6.20 Å². The summed E-state index contributed by atoms with van der Waals surface area (Å²) in [4.78, 5) is 16.3. The van der Waals surface area contributed by atoms with Gasteiger partial charge in [-0.3, -0.25) is 4.79 Å². The zero-order valence-corrected chi connectivity index (χ0v) is 14.3. The van der Waals surface area contributed by atoms with Gasteiger partial charge in [0.25, 0.3) is 0 Å². The summed E-state index contributed by atoms with van der Waals surface area (Å²) in [6.07, 6.45) is 2.59. The van der Waals surface area contributed by atoms with Gasteiger partial charge in [0.05, 0.1) is 12.5 Å². The number of rotatable bonds is 8. The van der Waals surface area contributed by atoms with E-state index in [0.29, 0.717) is 30.5 Å². The fourth-order valence-corrected chi connectivity index (χ4v) is 2.42. The summed E-state index contributed by atoms with van der Waals surface area (Å²) in [7, 11) is 0. The first kappa shape index (κ1) is 17.2.